The van der Waals surface area contributed by atoms with E-state index in [2.05, 4.69) is 16.4 Å². The summed E-state index contributed by atoms with van der Waals surface area (Å²) in [6.45, 7) is 2.42. The second kappa shape index (κ2) is 7.18. The molecule has 0 bridgehead atoms. The van der Waals surface area contributed by atoms with E-state index >= 15 is 0 Å². The maximum atomic E-state index is 12.5. The molecular formula is C18H21N3O. The first-order valence-electron chi connectivity index (χ1n) is 7.79. The first kappa shape index (κ1) is 14.7. The number of nitrogens with one attached hydrogen (secondary N) is 1. The standard InChI is InChI=1S/C18H21N3O/c22-18(16-7-2-1-3-8-16)21-11-5-9-17(14-21)20-13-15-6-4-10-19-12-15/h1-4,6-8,10,12,17,20H,5,9,11,13-14H2. The summed E-state index contributed by atoms with van der Waals surface area (Å²) >= 11 is 0. The van der Waals surface area contributed by atoms with Crippen molar-refractivity contribution in [3.05, 3.63) is 66.0 Å². The van der Waals surface area contributed by atoms with Crippen molar-refractivity contribution < 1.29 is 4.79 Å². The SMILES string of the molecule is O=C(c1ccccc1)N1CCCC(NCc2cccnc2)C1. The lowest BCUT2D eigenvalue weighted by molar-refractivity contribution is 0.0694. The predicted molar refractivity (Wildman–Crippen MR) is 86.4 cm³/mol. The Morgan fingerprint density at radius 1 is 1.23 bits per heavy atom. The molecule has 1 amide bonds. The fourth-order valence-electron chi connectivity index (χ4n) is 2.86. The fourth-order valence-corrected chi connectivity index (χ4v) is 2.86. The molecule has 114 valence electrons. The monoisotopic (exact) mass is 295 g/mol. The number of hydrogen-bond acceptors (Lipinski definition) is 3. The third kappa shape index (κ3) is 3.71. The number of rotatable bonds is 4. The first-order valence-corrected chi connectivity index (χ1v) is 7.79. The van der Waals surface area contributed by atoms with Crippen LogP contribution < -0.4 is 5.32 Å². The van der Waals surface area contributed by atoms with Gasteiger partial charge in [0.05, 0.1) is 0 Å². The van der Waals surface area contributed by atoms with E-state index in [0.717, 1.165) is 38.0 Å². The van der Waals surface area contributed by atoms with Crippen molar-refractivity contribution in [2.75, 3.05) is 13.1 Å². The van der Waals surface area contributed by atoms with Gasteiger partial charge in [0.2, 0.25) is 0 Å². The summed E-state index contributed by atoms with van der Waals surface area (Å²) < 4.78 is 0. The van der Waals surface area contributed by atoms with E-state index in [0.29, 0.717) is 6.04 Å². The fraction of sp³-hybridized carbons (Fsp3) is 0.333. The minimum Gasteiger partial charge on any atom is -0.337 e. The Bertz CT molecular complexity index is 600. The molecule has 4 nitrogen and oxygen atoms in total. The first-order chi connectivity index (χ1) is 10.8. The number of nitrogens with zero attached hydrogens (tertiary/aromatic N) is 2. The molecule has 1 N–H and O–H groups in total. The van der Waals surface area contributed by atoms with E-state index in [1.165, 1.54) is 5.56 Å². The number of aromatic nitrogens is 1. The van der Waals surface area contributed by atoms with Crippen LogP contribution in [0.3, 0.4) is 0 Å². The minimum absolute atomic E-state index is 0.133. The van der Waals surface area contributed by atoms with E-state index < -0.39 is 0 Å². The van der Waals surface area contributed by atoms with Crippen LogP contribution in [0, 0.1) is 0 Å². The number of carbonyl (C=O) groups excluding carboxylic acids is 1. The van der Waals surface area contributed by atoms with Gasteiger partial charge in [-0.2, -0.15) is 0 Å². The lowest BCUT2D eigenvalue weighted by atomic mass is 10.0. The molecule has 0 saturated carbocycles. The van der Waals surface area contributed by atoms with Crippen molar-refractivity contribution in [1.82, 2.24) is 15.2 Å². The average molecular weight is 295 g/mol. The number of likely N-dealkylation sites (tertiary alicyclic amines) is 1. The molecular weight excluding hydrogens is 274 g/mol. The number of carbonyl (C=O) groups is 1. The van der Waals surface area contributed by atoms with Gasteiger partial charge in [0.15, 0.2) is 0 Å². The normalized spacial score (nSPS) is 18.2. The van der Waals surface area contributed by atoms with E-state index in [1.807, 2.05) is 47.5 Å². The van der Waals surface area contributed by atoms with Crippen LogP contribution in [0.2, 0.25) is 0 Å². The van der Waals surface area contributed by atoms with Crippen molar-refractivity contribution in [2.45, 2.75) is 25.4 Å². The zero-order valence-electron chi connectivity index (χ0n) is 12.6. The smallest absolute Gasteiger partial charge is 0.253 e. The Balaban J connectivity index is 1.56. The van der Waals surface area contributed by atoms with E-state index in [-0.39, 0.29) is 5.91 Å². The highest BCUT2D eigenvalue weighted by atomic mass is 16.2. The summed E-state index contributed by atoms with van der Waals surface area (Å²) in [5.41, 5.74) is 1.95. The molecule has 22 heavy (non-hydrogen) atoms. The van der Waals surface area contributed by atoms with Gasteiger partial charge in [0, 0.05) is 43.6 Å². The van der Waals surface area contributed by atoms with Crippen LogP contribution in [0.1, 0.15) is 28.8 Å². The minimum atomic E-state index is 0.133. The summed E-state index contributed by atoms with van der Waals surface area (Å²) in [6, 6.07) is 13.9. The quantitative estimate of drug-likeness (QED) is 0.942. The predicted octanol–water partition coefficient (Wildman–Crippen LogP) is 2.48. The second-order valence-corrected chi connectivity index (χ2v) is 5.70. The molecule has 1 atom stereocenters. The lowest BCUT2D eigenvalue weighted by Gasteiger charge is -2.33. The highest BCUT2D eigenvalue weighted by Crippen LogP contribution is 2.14. The Kier molecular flexibility index (Phi) is 4.81. The van der Waals surface area contributed by atoms with Crippen LogP contribution in [0.15, 0.2) is 54.9 Å². The van der Waals surface area contributed by atoms with Crippen molar-refractivity contribution in [3.63, 3.8) is 0 Å². The summed E-state index contributed by atoms with van der Waals surface area (Å²) in [4.78, 5) is 18.6. The Morgan fingerprint density at radius 3 is 2.86 bits per heavy atom. The Labute approximate surface area is 131 Å². The number of piperidine rings is 1. The van der Waals surface area contributed by atoms with Gasteiger partial charge in [0.1, 0.15) is 0 Å². The van der Waals surface area contributed by atoms with E-state index in [4.69, 9.17) is 0 Å². The zero-order valence-corrected chi connectivity index (χ0v) is 12.6. The van der Waals surface area contributed by atoms with E-state index in [1.54, 1.807) is 6.20 Å². The number of amides is 1. The van der Waals surface area contributed by atoms with Gasteiger partial charge in [-0.05, 0) is 36.6 Å². The second-order valence-electron chi connectivity index (χ2n) is 5.70. The molecule has 1 fully saturated rings. The number of hydrogen-bond donors (Lipinski definition) is 1. The lowest BCUT2D eigenvalue weighted by Crippen LogP contribution is -2.47. The molecule has 0 radical (unpaired) electrons. The van der Waals surface area contributed by atoms with Gasteiger partial charge in [0.25, 0.3) is 5.91 Å². The summed E-state index contributed by atoms with van der Waals surface area (Å²) in [6.07, 6.45) is 5.81. The molecule has 1 unspecified atom stereocenters. The number of benzene rings is 1. The van der Waals surface area contributed by atoms with Crippen LogP contribution in [0.25, 0.3) is 0 Å². The van der Waals surface area contributed by atoms with Gasteiger partial charge >= 0.3 is 0 Å². The van der Waals surface area contributed by atoms with Gasteiger partial charge in [-0.3, -0.25) is 9.78 Å². The molecule has 3 rings (SSSR count). The number of pyridine rings is 1. The zero-order chi connectivity index (χ0) is 15.2. The Hall–Kier alpha value is -2.20. The largest absolute Gasteiger partial charge is 0.337 e. The molecule has 1 aromatic carbocycles. The van der Waals surface area contributed by atoms with Gasteiger partial charge < -0.3 is 10.2 Å². The maximum Gasteiger partial charge on any atom is 0.253 e. The van der Waals surface area contributed by atoms with Gasteiger partial charge in [-0.1, -0.05) is 24.3 Å². The Morgan fingerprint density at radius 2 is 2.09 bits per heavy atom. The van der Waals surface area contributed by atoms with Crippen LogP contribution in [-0.2, 0) is 6.54 Å². The third-order valence-electron chi connectivity index (χ3n) is 4.05. The van der Waals surface area contributed by atoms with Gasteiger partial charge in [-0.25, -0.2) is 0 Å². The van der Waals surface area contributed by atoms with Crippen molar-refractivity contribution in [2.24, 2.45) is 0 Å². The molecule has 1 aliphatic rings. The average Bonchev–Trinajstić information content (AvgIpc) is 2.61. The summed E-state index contributed by atoms with van der Waals surface area (Å²) in [5, 5.41) is 3.54. The molecule has 1 aliphatic heterocycles. The molecule has 2 heterocycles. The van der Waals surface area contributed by atoms with Crippen molar-refractivity contribution >= 4 is 5.91 Å². The van der Waals surface area contributed by atoms with Crippen molar-refractivity contribution in [1.29, 1.82) is 0 Å². The molecule has 1 saturated heterocycles. The van der Waals surface area contributed by atoms with Crippen LogP contribution in [-0.4, -0.2) is 34.9 Å². The van der Waals surface area contributed by atoms with Crippen LogP contribution in [0.5, 0.6) is 0 Å². The molecule has 4 heteroatoms. The van der Waals surface area contributed by atoms with Crippen molar-refractivity contribution in [3.8, 4) is 0 Å². The highest BCUT2D eigenvalue weighted by Gasteiger charge is 2.23. The molecule has 2 aromatic rings. The maximum absolute atomic E-state index is 12.5. The summed E-state index contributed by atoms with van der Waals surface area (Å²) in [5.74, 6) is 0.133. The highest BCUT2D eigenvalue weighted by molar-refractivity contribution is 5.94. The topological polar surface area (TPSA) is 45.2 Å². The molecule has 0 aliphatic carbocycles. The molecule has 0 spiro atoms. The van der Waals surface area contributed by atoms with Crippen LogP contribution >= 0.6 is 0 Å². The summed E-state index contributed by atoms with van der Waals surface area (Å²) in [7, 11) is 0. The van der Waals surface area contributed by atoms with E-state index in [9.17, 15) is 4.79 Å². The van der Waals surface area contributed by atoms with Gasteiger partial charge in [-0.15, -0.1) is 0 Å². The molecule has 1 aromatic heterocycles. The van der Waals surface area contributed by atoms with Crippen LogP contribution in [0.4, 0.5) is 0 Å². The third-order valence-corrected chi connectivity index (χ3v) is 4.05.